The maximum absolute atomic E-state index is 11.9. The van der Waals surface area contributed by atoms with Crippen LogP contribution in [0.25, 0.3) is 0 Å². The maximum atomic E-state index is 11.9. The van der Waals surface area contributed by atoms with Crippen LogP contribution in [0.15, 0.2) is 0 Å². The summed E-state index contributed by atoms with van der Waals surface area (Å²) in [6, 6.07) is 0. The van der Waals surface area contributed by atoms with E-state index in [1.54, 1.807) is 4.90 Å². The number of piperazine rings is 1. The first-order valence-electron chi connectivity index (χ1n) is 7.84. The summed E-state index contributed by atoms with van der Waals surface area (Å²) in [6.45, 7) is 10.6. The molecular weight excluding hydrogens is 291 g/mol. The van der Waals surface area contributed by atoms with Gasteiger partial charge in [-0.05, 0) is 20.8 Å². The van der Waals surface area contributed by atoms with Gasteiger partial charge in [0.15, 0.2) is 0 Å². The van der Waals surface area contributed by atoms with E-state index in [0.29, 0.717) is 32.9 Å². The predicted molar refractivity (Wildman–Crippen MR) is 81.9 cm³/mol. The SMILES string of the molecule is CC(C)(C)OC(=O)N1CCN(CCOCCOCCF)CC1. The average Bonchev–Trinajstić information content (AvgIpc) is 2.45. The molecule has 1 rings (SSSR count). The summed E-state index contributed by atoms with van der Waals surface area (Å²) in [7, 11) is 0. The number of rotatable bonds is 8. The first kappa shape index (κ1) is 19.1. The third-order valence-electron chi connectivity index (χ3n) is 3.17. The van der Waals surface area contributed by atoms with Crippen LogP contribution < -0.4 is 0 Å². The van der Waals surface area contributed by atoms with Crippen molar-refractivity contribution in [1.82, 2.24) is 9.80 Å². The molecule has 0 aromatic heterocycles. The van der Waals surface area contributed by atoms with Gasteiger partial charge < -0.3 is 19.1 Å². The molecule has 1 fully saturated rings. The fraction of sp³-hybridized carbons (Fsp3) is 0.933. The molecule has 1 heterocycles. The first-order valence-corrected chi connectivity index (χ1v) is 7.84. The van der Waals surface area contributed by atoms with E-state index in [9.17, 15) is 9.18 Å². The second kappa shape index (κ2) is 9.97. The first-order chi connectivity index (χ1) is 10.4. The summed E-state index contributed by atoms with van der Waals surface area (Å²) in [5.74, 6) is 0. The Hall–Kier alpha value is -0.920. The largest absolute Gasteiger partial charge is 0.444 e. The summed E-state index contributed by atoms with van der Waals surface area (Å²) in [4.78, 5) is 15.9. The van der Waals surface area contributed by atoms with E-state index >= 15 is 0 Å². The highest BCUT2D eigenvalue weighted by atomic mass is 19.1. The van der Waals surface area contributed by atoms with Crippen molar-refractivity contribution in [2.45, 2.75) is 26.4 Å². The van der Waals surface area contributed by atoms with Crippen LogP contribution in [-0.2, 0) is 14.2 Å². The third-order valence-corrected chi connectivity index (χ3v) is 3.17. The standard InChI is InChI=1S/C15H29FN2O4/c1-15(2,3)22-14(19)18-7-5-17(6-8-18)9-11-21-13-12-20-10-4-16/h4-13H2,1-3H3. The molecule has 22 heavy (non-hydrogen) atoms. The Kier molecular flexibility index (Phi) is 8.67. The molecule has 1 amide bonds. The number of ether oxygens (including phenoxy) is 3. The molecule has 0 bridgehead atoms. The van der Waals surface area contributed by atoms with Crippen LogP contribution >= 0.6 is 0 Å². The monoisotopic (exact) mass is 320 g/mol. The van der Waals surface area contributed by atoms with Gasteiger partial charge in [0, 0.05) is 32.7 Å². The normalized spacial score (nSPS) is 16.8. The number of halogens is 1. The van der Waals surface area contributed by atoms with E-state index in [4.69, 9.17) is 14.2 Å². The van der Waals surface area contributed by atoms with Gasteiger partial charge in [0.05, 0.1) is 26.4 Å². The fourth-order valence-corrected chi connectivity index (χ4v) is 2.05. The van der Waals surface area contributed by atoms with Crippen LogP contribution in [0.1, 0.15) is 20.8 Å². The van der Waals surface area contributed by atoms with Gasteiger partial charge in [-0.25, -0.2) is 9.18 Å². The number of hydrogen-bond acceptors (Lipinski definition) is 5. The van der Waals surface area contributed by atoms with Gasteiger partial charge in [0.1, 0.15) is 12.3 Å². The Morgan fingerprint density at radius 2 is 1.59 bits per heavy atom. The molecule has 0 N–H and O–H groups in total. The highest BCUT2D eigenvalue weighted by molar-refractivity contribution is 5.68. The van der Waals surface area contributed by atoms with Gasteiger partial charge in [-0.2, -0.15) is 0 Å². The van der Waals surface area contributed by atoms with Crippen LogP contribution in [-0.4, -0.2) is 87.3 Å². The molecule has 0 saturated carbocycles. The van der Waals surface area contributed by atoms with Crippen molar-refractivity contribution >= 4 is 6.09 Å². The second-order valence-electron chi connectivity index (χ2n) is 6.22. The molecule has 1 aliphatic heterocycles. The minimum absolute atomic E-state index is 0.135. The van der Waals surface area contributed by atoms with E-state index in [2.05, 4.69) is 4.90 Å². The fourth-order valence-electron chi connectivity index (χ4n) is 2.05. The zero-order chi connectivity index (χ0) is 16.4. The van der Waals surface area contributed by atoms with E-state index in [1.165, 1.54) is 0 Å². The van der Waals surface area contributed by atoms with Gasteiger partial charge in [-0.15, -0.1) is 0 Å². The molecule has 0 radical (unpaired) electrons. The van der Waals surface area contributed by atoms with Gasteiger partial charge in [0.25, 0.3) is 0 Å². The van der Waals surface area contributed by atoms with Crippen molar-refractivity contribution in [3.05, 3.63) is 0 Å². The molecule has 1 saturated heterocycles. The van der Waals surface area contributed by atoms with E-state index in [0.717, 1.165) is 19.6 Å². The lowest BCUT2D eigenvalue weighted by Crippen LogP contribution is -2.50. The average molecular weight is 320 g/mol. The number of nitrogens with zero attached hydrogens (tertiary/aromatic N) is 2. The van der Waals surface area contributed by atoms with E-state index in [-0.39, 0.29) is 12.7 Å². The summed E-state index contributed by atoms with van der Waals surface area (Å²) in [5.41, 5.74) is -0.452. The van der Waals surface area contributed by atoms with Crippen molar-refractivity contribution in [3.63, 3.8) is 0 Å². The molecule has 0 unspecified atom stereocenters. The summed E-state index contributed by atoms with van der Waals surface area (Å²) in [5, 5.41) is 0. The molecule has 0 aromatic rings. The lowest BCUT2D eigenvalue weighted by molar-refractivity contribution is 0.00772. The van der Waals surface area contributed by atoms with Crippen LogP contribution in [0.4, 0.5) is 9.18 Å². The summed E-state index contributed by atoms with van der Waals surface area (Å²) < 4.78 is 27.6. The van der Waals surface area contributed by atoms with Crippen molar-refractivity contribution in [3.8, 4) is 0 Å². The Morgan fingerprint density at radius 3 is 2.14 bits per heavy atom. The highest BCUT2D eigenvalue weighted by Crippen LogP contribution is 2.11. The number of alkyl halides is 1. The quantitative estimate of drug-likeness (QED) is 0.635. The maximum Gasteiger partial charge on any atom is 0.410 e. The molecule has 6 nitrogen and oxygen atoms in total. The molecule has 130 valence electrons. The number of carbonyl (C=O) groups excluding carboxylic acids is 1. The summed E-state index contributed by atoms with van der Waals surface area (Å²) in [6.07, 6.45) is -0.242. The minimum Gasteiger partial charge on any atom is -0.444 e. The van der Waals surface area contributed by atoms with E-state index in [1.807, 2.05) is 20.8 Å². The Balaban J connectivity index is 2.06. The Labute approximate surface area is 132 Å². The van der Waals surface area contributed by atoms with Crippen LogP contribution in [0.2, 0.25) is 0 Å². The lowest BCUT2D eigenvalue weighted by Gasteiger charge is -2.35. The van der Waals surface area contributed by atoms with Crippen molar-refractivity contribution in [2.24, 2.45) is 0 Å². The molecule has 0 aromatic carbocycles. The minimum atomic E-state index is -0.456. The molecule has 7 heteroatoms. The molecule has 1 aliphatic rings. The smallest absolute Gasteiger partial charge is 0.410 e. The second-order valence-corrected chi connectivity index (χ2v) is 6.22. The zero-order valence-electron chi connectivity index (χ0n) is 14.0. The zero-order valence-corrected chi connectivity index (χ0v) is 14.0. The van der Waals surface area contributed by atoms with Crippen molar-refractivity contribution < 1.29 is 23.4 Å². The van der Waals surface area contributed by atoms with Crippen LogP contribution in [0.3, 0.4) is 0 Å². The van der Waals surface area contributed by atoms with Crippen LogP contribution in [0, 0.1) is 0 Å². The number of hydrogen-bond donors (Lipinski definition) is 0. The van der Waals surface area contributed by atoms with Crippen LogP contribution in [0.5, 0.6) is 0 Å². The third kappa shape index (κ3) is 8.51. The van der Waals surface area contributed by atoms with Crippen molar-refractivity contribution in [1.29, 1.82) is 0 Å². The topological polar surface area (TPSA) is 51.2 Å². The number of amides is 1. The Bertz CT molecular complexity index is 315. The van der Waals surface area contributed by atoms with Crippen molar-refractivity contribution in [2.75, 3.05) is 65.8 Å². The van der Waals surface area contributed by atoms with Gasteiger partial charge >= 0.3 is 6.09 Å². The molecule has 0 atom stereocenters. The number of carbonyl (C=O) groups is 1. The highest BCUT2D eigenvalue weighted by Gasteiger charge is 2.25. The molecule has 0 spiro atoms. The van der Waals surface area contributed by atoms with Gasteiger partial charge in [-0.1, -0.05) is 0 Å². The van der Waals surface area contributed by atoms with Gasteiger partial charge in [0.2, 0.25) is 0 Å². The summed E-state index contributed by atoms with van der Waals surface area (Å²) >= 11 is 0. The van der Waals surface area contributed by atoms with Gasteiger partial charge in [-0.3, -0.25) is 4.90 Å². The van der Waals surface area contributed by atoms with E-state index < -0.39 is 12.3 Å². The predicted octanol–water partition coefficient (Wildman–Crippen LogP) is 1.54. The molecular formula is C15H29FN2O4. The Morgan fingerprint density at radius 1 is 1.00 bits per heavy atom. The lowest BCUT2D eigenvalue weighted by atomic mass is 10.2. The molecule has 0 aliphatic carbocycles.